The Morgan fingerprint density at radius 3 is 2.30 bits per heavy atom. The number of carbonyl (C=O) groups excluding carboxylic acids is 1. The number of benzene rings is 1. The molecule has 0 radical (unpaired) electrons. The number of carbonyl (C=O) groups is 1. The molecular formula is C16H18ClNO4S. The minimum Gasteiger partial charge on any atom is -0.493 e. The molecule has 0 spiro atoms. The predicted molar refractivity (Wildman–Crippen MR) is 91.2 cm³/mol. The largest absolute Gasteiger partial charge is 0.493 e. The van der Waals surface area contributed by atoms with E-state index in [9.17, 15) is 4.79 Å². The highest BCUT2D eigenvalue weighted by molar-refractivity contribution is 7.16. The van der Waals surface area contributed by atoms with Crippen molar-refractivity contribution in [1.82, 2.24) is 4.90 Å². The van der Waals surface area contributed by atoms with Crippen molar-refractivity contribution in [3.05, 3.63) is 39.0 Å². The summed E-state index contributed by atoms with van der Waals surface area (Å²) in [7, 11) is 6.26. The van der Waals surface area contributed by atoms with Gasteiger partial charge in [0.2, 0.25) is 5.75 Å². The molecule has 1 aromatic carbocycles. The van der Waals surface area contributed by atoms with E-state index in [4.69, 9.17) is 25.8 Å². The van der Waals surface area contributed by atoms with Crippen molar-refractivity contribution in [1.29, 1.82) is 0 Å². The lowest BCUT2D eigenvalue weighted by Crippen LogP contribution is -2.26. The predicted octanol–water partition coefficient (Wildman–Crippen LogP) is 3.70. The van der Waals surface area contributed by atoms with E-state index in [1.165, 1.54) is 32.7 Å². The van der Waals surface area contributed by atoms with Gasteiger partial charge in [-0.2, -0.15) is 0 Å². The molecule has 2 rings (SSSR count). The van der Waals surface area contributed by atoms with E-state index in [1.807, 2.05) is 12.1 Å². The van der Waals surface area contributed by atoms with Crippen LogP contribution in [0.1, 0.15) is 15.2 Å². The van der Waals surface area contributed by atoms with Gasteiger partial charge >= 0.3 is 0 Å². The fourth-order valence-electron chi connectivity index (χ4n) is 2.22. The van der Waals surface area contributed by atoms with Crippen LogP contribution in [0, 0.1) is 0 Å². The minimum atomic E-state index is -0.174. The van der Waals surface area contributed by atoms with E-state index in [-0.39, 0.29) is 5.91 Å². The second-order valence-electron chi connectivity index (χ2n) is 4.75. The Morgan fingerprint density at radius 1 is 1.09 bits per heavy atom. The fraction of sp³-hybridized carbons (Fsp3) is 0.312. The molecule has 0 N–H and O–H groups in total. The topological polar surface area (TPSA) is 48.0 Å². The number of nitrogens with zero attached hydrogens (tertiary/aromatic N) is 1. The van der Waals surface area contributed by atoms with Gasteiger partial charge in [0.05, 0.1) is 37.8 Å². The van der Waals surface area contributed by atoms with Gasteiger partial charge in [-0.15, -0.1) is 11.3 Å². The van der Waals surface area contributed by atoms with Gasteiger partial charge in [-0.05, 0) is 24.3 Å². The van der Waals surface area contributed by atoms with Crippen LogP contribution in [0.25, 0.3) is 0 Å². The van der Waals surface area contributed by atoms with Crippen LogP contribution in [0.5, 0.6) is 17.2 Å². The summed E-state index contributed by atoms with van der Waals surface area (Å²) in [5, 5.41) is 0. The Balaban J connectivity index is 2.31. The second-order valence-corrected chi connectivity index (χ2v) is 6.55. The SMILES string of the molecule is COc1ccc(C(=O)N(C)Cc2ccc(Cl)s2)c(OC)c1OC. The number of hydrogen-bond donors (Lipinski definition) is 0. The number of rotatable bonds is 6. The molecule has 0 atom stereocenters. The normalized spacial score (nSPS) is 10.3. The zero-order chi connectivity index (χ0) is 17.0. The molecule has 23 heavy (non-hydrogen) atoms. The minimum absolute atomic E-state index is 0.174. The number of thiophene rings is 1. The lowest BCUT2D eigenvalue weighted by molar-refractivity contribution is 0.0782. The van der Waals surface area contributed by atoms with Crippen molar-refractivity contribution in [2.24, 2.45) is 0 Å². The van der Waals surface area contributed by atoms with Crippen LogP contribution in [0.3, 0.4) is 0 Å². The molecule has 0 bridgehead atoms. The second kappa shape index (κ2) is 7.57. The first-order chi connectivity index (χ1) is 11.0. The van der Waals surface area contributed by atoms with Crippen molar-refractivity contribution >= 4 is 28.8 Å². The Bertz CT molecular complexity index is 701. The smallest absolute Gasteiger partial charge is 0.257 e. The van der Waals surface area contributed by atoms with Gasteiger partial charge in [-0.1, -0.05) is 11.6 Å². The number of hydrogen-bond acceptors (Lipinski definition) is 5. The lowest BCUT2D eigenvalue weighted by Gasteiger charge is -2.20. The molecule has 1 amide bonds. The zero-order valence-electron chi connectivity index (χ0n) is 13.4. The summed E-state index contributed by atoms with van der Waals surface area (Å²) < 4.78 is 16.6. The van der Waals surface area contributed by atoms with Crippen LogP contribution in [-0.2, 0) is 6.54 Å². The average molecular weight is 356 g/mol. The number of amides is 1. The summed E-state index contributed by atoms with van der Waals surface area (Å²) in [6, 6.07) is 7.07. The molecule has 1 aromatic heterocycles. The van der Waals surface area contributed by atoms with E-state index in [1.54, 1.807) is 24.1 Å². The quantitative estimate of drug-likeness (QED) is 0.792. The number of halogens is 1. The zero-order valence-corrected chi connectivity index (χ0v) is 15.0. The molecule has 0 fully saturated rings. The number of methoxy groups -OCH3 is 3. The van der Waals surface area contributed by atoms with Gasteiger partial charge in [0.15, 0.2) is 11.5 Å². The molecule has 2 aromatic rings. The van der Waals surface area contributed by atoms with Crippen LogP contribution in [0.2, 0.25) is 4.34 Å². The third kappa shape index (κ3) is 3.71. The van der Waals surface area contributed by atoms with Gasteiger partial charge in [-0.25, -0.2) is 0 Å². The van der Waals surface area contributed by atoms with Gasteiger partial charge in [-0.3, -0.25) is 4.79 Å². The van der Waals surface area contributed by atoms with Crippen LogP contribution >= 0.6 is 22.9 Å². The monoisotopic (exact) mass is 355 g/mol. The van der Waals surface area contributed by atoms with Gasteiger partial charge in [0, 0.05) is 11.9 Å². The summed E-state index contributed by atoms with van der Waals surface area (Å²) in [4.78, 5) is 15.3. The maximum atomic E-state index is 12.7. The van der Waals surface area contributed by atoms with E-state index < -0.39 is 0 Å². The van der Waals surface area contributed by atoms with E-state index in [2.05, 4.69) is 0 Å². The highest BCUT2D eigenvalue weighted by Crippen LogP contribution is 2.40. The lowest BCUT2D eigenvalue weighted by atomic mass is 10.1. The molecule has 124 valence electrons. The standard InChI is InChI=1S/C16H18ClNO4S/c1-18(9-10-5-8-13(17)23-10)16(19)11-6-7-12(20-2)15(22-4)14(11)21-3/h5-8H,9H2,1-4H3. The van der Waals surface area contributed by atoms with E-state index in [0.717, 1.165) is 4.88 Å². The molecule has 1 heterocycles. The molecule has 0 saturated carbocycles. The van der Waals surface area contributed by atoms with Crippen molar-refractivity contribution in [3.8, 4) is 17.2 Å². The molecule has 0 saturated heterocycles. The summed E-state index contributed by atoms with van der Waals surface area (Å²) in [6.45, 7) is 0.466. The Kier molecular flexibility index (Phi) is 5.74. The van der Waals surface area contributed by atoms with Crippen LogP contribution in [0.4, 0.5) is 0 Å². The first kappa shape index (κ1) is 17.4. The van der Waals surface area contributed by atoms with Crippen molar-refractivity contribution in [3.63, 3.8) is 0 Å². The highest BCUT2D eigenvalue weighted by Gasteiger charge is 2.23. The third-order valence-electron chi connectivity index (χ3n) is 3.30. The Morgan fingerprint density at radius 2 is 1.78 bits per heavy atom. The Hall–Kier alpha value is -1.92. The van der Waals surface area contributed by atoms with E-state index in [0.29, 0.717) is 33.7 Å². The van der Waals surface area contributed by atoms with Crippen LogP contribution in [0.15, 0.2) is 24.3 Å². The van der Waals surface area contributed by atoms with Crippen molar-refractivity contribution in [2.45, 2.75) is 6.54 Å². The third-order valence-corrected chi connectivity index (χ3v) is 4.52. The molecule has 0 aliphatic heterocycles. The summed E-state index contributed by atoms with van der Waals surface area (Å²) >= 11 is 7.37. The van der Waals surface area contributed by atoms with Crippen molar-refractivity contribution < 1.29 is 19.0 Å². The molecule has 0 aliphatic rings. The first-order valence-corrected chi connectivity index (χ1v) is 7.99. The number of ether oxygens (including phenoxy) is 3. The fourth-order valence-corrected chi connectivity index (χ4v) is 3.36. The molecular weight excluding hydrogens is 338 g/mol. The highest BCUT2D eigenvalue weighted by atomic mass is 35.5. The van der Waals surface area contributed by atoms with Crippen molar-refractivity contribution in [2.75, 3.05) is 28.4 Å². The van der Waals surface area contributed by atoms with Crippen LogP contribution in [-0.4, -0.2) is 39.2 Å². The maximum absolute atomic E-state index is 12.7. The van der Waals surface area contributed by atoms with Gasteiger partial charge in [0.1, 0.15) is 0 Å². The summed E-state index contributed by atoms with van der Waals surface area (Å²) in [6.07, 6.45) is 0. The molecule has 0 aliphatic carbocycles. The first-order valence-electron chi connectivity index (χ1n) is 6.80. The van der Waals surface area contributed by atoms with Gasteiger partial charge < -0.3 is 19.1 Å². The average Bonchev–Trinajstić information content (AvgIpc) is 2.97. The summed E-state index contributed by atoms with van der Waals surface area (Å²) in [5.41, 5.74) is 0.412. The molecule has 0 unspecified atom stereocenters. The molecule has 5 nitrogen and oxygen atoms in total. The maximum Gasteiger partial charge on any atom is 0.257 e. The van der Waals surface area contributed by atoms with Crippen LogP contribution < -0.4 is 14.2 Å². The Labute approximate surface area is 144 Å². The van der Waals surface area contributed by atoms with Gasteiger partial charge in [0.25, 0.3) is 5.91 Å². The molecule has 7 heteroatoms. The summed E-state index contributed by atoms with van der Waals surface area (Å²) in [5.74, 6) is 1.09. The van der Waals surface area contributed by atoms with E-state index >= 15 is 0 Å².